The number of oxime groups is 1. The highest BCUT2D eigenvalue weighted by Crippen LogP contribution is 2.39. The lowest BCUT2D eigenvalue weighted by Crippen LogP contribution is -2.38. The van der Waals surface area contributed by atoms with Crippen molar-refractivity contribution in [1.82, 2.24) is 14.9 Å². The normalized spacial score (nSPS) is 18.2. The molecule has 12 heteroatoms. The Kier molecular flexibility index (Phi) is 6.42. The van der Waals surface area contributed by atoms with E-state index in [4.69, 9.17) is 5.73 Å². The number of ether oxygens (including phenoxy) is 1. The second kappa shape index (κ2) is 9.56. The number of fused-ring (bicyclic) bond motifs is 3. The van der Waals surface area contributed by atoms with Crippen molar-refractivity contribution in [1.29, 1.82) is 0 Å². The average Bonchev–Trinajstić information content (AvgIpc) is 3.07. The minimum atomic E-state index is -4.86. The maximum atomic E-state index is 15.2. The molecule has 0 saturated carbocycles. The molecule has 0 spiro atoms. The van der Waals surface area contributed by atoms with E-state index in [0.29, 0.717) is 68.5 Å². The van der Waals surface area contributed by atoms with Gasteiger partial charge in [0, 0.05) is 41.5 Å². The van der Waals surface area contributed by atoms with Crippen molar-refractivity contribution >= 4 is 28.3 Å². The first-order valence-corrected chi connectivity index (χ1v) is 12.0. The molecular weight excluding hydrogens is 494 g/mol. The lowest BCUT2D eigenvalue weighted by atomic mass is 9.86. The van der Waals surface area contributed by atoms with Crippen molar-refractivity contribution in [3.05, 3.63) is 52.6 Å². The van der Waals surface area contributed by atoms with Crippen LogP contribution in [0.5, 0.6) is 5.75 Å². The van der Waals surface area contributed by atoms with Crippen molar-refractivity contribution in [2.45, 2.75) is 50.8 Å². The van der Waals surface area contributed by atoms with Gasteiger partial charge in [0.25, 0.3) is 5.91 Å². The van der Waals surface area contributed by atoms with Crippen LogP contribution in [0.25, 0.3) is 11.0 Å². The van der Waals surface area contributed by atoms with Crippen LogP contribution in [-0.2, 0) is 12.8 Å². The summed E-state index contributed by atoms with van der Waals surface area (Å²) in [6, 6.07) is 3.24. The second-order valence-corrected chi connectivity index (χ2v) is 9.36. The maximum Gasteiger partial charge on any atom is 0.573 e. The molecule has 1 aliphatic carbocycles. The summed E-state index contributed by atoms with van der Waals surface area (Å²) in [7, 11) is 0. The molecule has 37 heavy (non-hydrogen) atoms. The molecular formula is C25H25F4N5O3. The molecule has 0 unspecified atom stereocenters. The Labute approximate surface area is 209 Å². The summed E-state index contributed by atoms with van der Waals surface area (Å²) in [5.74, 6) is -1.45. The predicted molar refractivity (Wildman–Crippen MR) is 127 cm³/mol. The number of alkyl halides is 3. The Morgan fingerprint density at radius 1 is 1.19 bits per heavy atom. The number of piperidine rings is 1. The smallest absolute Gasteiger partial charge is 0.411 e. The summed E-state index contributed by atoms with van der Waals surface area (Å²) in [4.78, 5) is 22.2. The molecule has 196 valence electrons. The van der Waals surface area contributed by atoms with Gasteiger partial charge in [0.15, 0.2) is 0 Å². The number of amides is 1. The summed E-state index contributed by atoms with van der Waals surface area (Å²) >= 11 is 0. The van der Waals surface area contributed by atoms with Gasteiger partial charge < -0.3 is 25.6 Å². The van der Waals surface area contributed by atoms with Crippen LogP contribution in [0.2, 0.25) is 0 Å². The number of H-pyrrole nitrogens is 1. The number of hydrogen-bond acceptors (Lipinski definition) is 6. The van der Waals surface area contributed by atoms with Crippen molar-refractivity contribution in [2.24, 2.45) is 5.16 Å². The van der Waals surface area contributed by atoms with Gasteiger partial charge >= 0.3 is 6.36 Å². The molecule has 1 aromatic carbocycles. The van der Waals surface area contributed by atoms with Crippen LogP contribution in [0, 0.1) is 5.82 Å². The van der Waals surface area contributed by atoms with Crippen LogP contribution in [0.15, 0.2) is 29.6 Å². The molecule has 2 aliphatic rings. The molecule has 8 nitrogen and oxygen atoms in total. The topological polar surface area (TPSA) is 117 Å². The molecule has 3 heterocycles. The SMILES string of the molecule is Nc1cc(OC(F)(F)F)ccc1C(=O)N1CCC(c2c(F)cnc3[nH]c4c(c23)CC/C(=N\O)CC4)CC1. The average molecular weight is 519 g/mol. The zero-order valence-corrected chi connectivity index (χ0v) is 19.7. The molecule has 5 rings (SSSR count). The molecule has 1 saturated heterocycles. The van der Waals surface area contributed by atoms with Gasteiger partial charge in [-0.15, -0.1) is 13.2 Å². The van der Waals surface area contributed by atoms with Crippen LogP contribution in [0.1, 0.15) is 58.8 Å². The second-order valence-electron chi connectivity index (χ2n) is 9.36. The van der Waals surface area contributed by atoms with E-state index in [1.54, 1.807) is 4.90 Å². The number of nitrogens with zero attached hydrogens (tertiary/aromatic N) is 3. The van der Waals surface area contributed by atoms with E-state index in [-0.39, 0.29) is 17.2 Å². The van der Waals surface area contributed by atoms with Crippen LogP contribution in [-0.4, -0.2) is 51.1 Å². The van der Waals surface area contributed by atoms with Crippen LogP contribution < -0.4 is 10.5 Å². The van der Waals surface area contributed by atoms with Crippen molar-refractivity contribution in [3.8, 4) is 5.75 Å². The third-order valence-corrected chi connectivity index (χ3v) is 7.15. The van der Waals surface area contributed by atoms with E-state index in [2.05, 4.69) is 19.9 Å². The first-order chi connectivity index (χ1) is 17.6. The fourth-order valence-corrected chi connectivity index (χ4v) is 5.40. The number of aromatic nitrogens is 2. The Hall–Kier alpha value is -3.83. The Morgan fingerprint density at radius 3 is 2.59 bits per heavy atom. The Morgan fingerprint density at radius 2 is 1.92 bits per heavy atom. The van der Waals surface area contributed by atoms with E-state index in [1.165, 1.54) is 12.3 Å². The largest absolute Gasteiger partial charge is 0.573 e. The number of aromatic amines is 1. The zero-order chi connectivity index (χ0) is 26.3. The number of rotatable bonds is 3. The predicted octanol–water partition coefficient (Wildman–Crippen LogP) is 4.91. The third-order valence-electron chi connectivity index (χ3n) is 7.15. The third kappa shape index (κ3) is 4.92. The number of nitrogens with two attached hydrogens (primary N) is 1. The van der Waals surface area contributed by atoms with E-state index < -0.39 is 23.8 Å². The molecule has 4 N–H and O–H groups in total. The summed E-state index contributed by atoms with van der Waals surface area (Å²) in [6.45, 7) is 0.669. The highest BCUT2D eigenvalue weighted by molar-refractivity contribution is 5.99. The maximum absolute atomic E-state index is 15.2. The van der Waals surface area contributed by atoms with Gasteiger partial charge in [-0.05, 0) is 62.1 Å². The highest BCUT2D eigenvalue weighted by atomic mass is 19.4. The number of anilines is 1. The minimum Gasteiger partial charge on any atom is -0.411 e. The van der Waals surface area contributed by atoms with E-state index in [9.17, 15) is 23.2 Å². The number of halogens is 4. The number of likely N-dealkylation sites (tertiary alicyclic amines) is 1. The van der Waals surface area contributed by atoms with Gasteiger partial charge in [-0.1, -0.05) is 5.16 Å². The lowest BCUT2D eigenvalue weighted by Gasteiger charge is -2.33. The fraction of sp³-hybridized carbons (Fsp3) is 0.400. The Bertz CT molecular complexity index is 1380. The van der Waals surface area contributed by atoms with Crippen LogP contribution in [0.3, 0.4) is 0 Å². The molecule has 2 aromatic heterocycles. The molecule has 0 radical (unpaired) electrons. The van der Waals surface area contributed by atoms with Gasteiger partial charge in [-0.25, -0.2) is 9.37 Å². The summed E-state index contributed by atoms with van der Waals surface area (Å²) < 4.78 is 56.5. The lowest BCUT2D eigenvalue weighted by molar-refractivity contribution is -0.274. The summed E-state index contributed by atoms with van der Waals surface area (Å²) in [6.07, 6.45) is -0.197. The number of nitrogens with one attached hydrogen (secondary N) is 1. The summed E-state index contributed by atoms with van der Waals surface area (Å²) in [5.41, 5.74) is 9.68. The number of carbonyl (C=O) groups excluding carboxylic acids is 1. The number of hydrogen-bond donors (Lipinski definition) is 3. The van der Waals surface area contributed by atoms with Gasteiger partial charge in [0.1, 0.15) is 17.2 Å². The number of carbonyl (C=O) groups is 1. The molecule has 0 atom stereocenters. The first-order valence-electron chi connectivity index (χ1n) is 12.0. The van der Waals surface area contributed by atoms with Gasteiger partial charge in [0.2, 0.25) is 0 Å². The number of aryl methyl sites for hydroxylation is 2. The monoisotopic (exact) mass is 519 g/mol. The van der Waals surface area contributed by atoms with Crippen molar-refractivity contribution in [2.75, 3.05) is 18.8 Å². The first kappa shape index (κ1) is 24.8. The minimum absolute atomic E-state index is 0.0859. The van der Waals surface area contributed by atoms with E-state index >= 15 is 4.39 Å². The number of nitrogen functional groups attached to an aromatic ring is 1. The van der Waals surface area contributed by atoms with Crippen molar-refractivity contribution in [3.63, 3.8) is 0 Å². The van der Waals surface area contributed by atoms with Gasteiger partial charge in [0.05, 0.1) is 17.5 Å². The summed E-state index contributed by atoms with van der Waals surface area (Å²) in [5, 5.41) is 13.3. The van der Waals surface area contributed by atoms with Crippen LogP contribution >= 0.6 is 0 Å². The van der Waals surface area contributed by atoms with Crippen LogP contribution in [0.4, 0.5) is 23.2 Å². The molecule has 1 fully saturated rings. The highest BCUT2D eigenvalue weighted by Gasteiger charge is 2.33. The molecule has 1 amide bonds. The zero-order valence-electron chi connectivity index (χ0n) is 19.7. The molecule has 1 aliphatic heterocycles. The molecule has 0 bridgehead atoms. The molecule has 3 aromatic rings. The quantitative estimate of drug-likeness (QED) is 0.149. The number of benzene rings is 1. The fourth-order valence-electron chi connectivity index (χ4n) is 5.40. The Balaban J connectivity index is 1.35. The van der Waals surface area contributed by atoms with Gasteiger partial charge in [-0.3, -0.25) is 4.79 Å². The number of pyridine rings is 1. The van der Waals surface area contributed by atoms with Crippen molar-refractivity contribution < 1.29 is 32.3 Å². The van der Waals surface area contributed by atoms with E-state index in [0.717, 1.165) is 28.8 Å². The van der Waals surface area contributed by atoms with E-state index in [1.807, 2.05) is 0 Å². The standard InChI is InChI=1S/C25H25F4N5O3/c26-18-12-31-23-22(17-4-1-14(33-36)2-6-20(17)32-23)21(18)13-7-9-34(10-8-13)24(35)16-5-3-15(11-19(16)30)37-25(27,28)29/h3,5,11-13,36H,1-2,4,6-10,30H2,(H,31,32)/b33-14+. The van der Waals surface area contributed by atoms with Gasteiger partial charge in [-0.2, -0.15) is 0 Å².